The maximum atomic E-state index is 2.58. The molecular weight excluding hydrogens is 1760 g/mol. The third-order valence-electron chi connectivity index (χ3n) is 42.5. The van der Waals surface area contributed by atoms with Crippen molar-refractivity contribution >= 4 is 43.6 Å². The van der Waals surface area contributed by atoms with Crippen LogP contribution < -0.4 is 0 Å². The molecular formula is C136H152S4+4. The van der Waals surface area contributed by atoms with Crippen molar-refractivity contribution in [2.45, 2.75) is 325 Å². The van der Waals surface area contributed by atoms with Crippen molar-refractivity contribution in [2.24, 2.45) is 130 Å². The zero-order chi connectivity index (χ0) is 92.2. The van der Waals surface area contributed by atoms with Gasteiger partial charge in [0.1, 0.15) is 0 Å². The summed E-state index contributed by atoms with van der Waals surface area (Å²) in [5.41, 5.74) is 11.3. The van der Waals surface area contributed by atoms with E-state index in [9.17, 15) is 0 Å². The van der Waals surface area contributed by atoms with Gasteiger partial charge >= 0.3 is 0 Å². The third kappa shape index (κ3) is 17.3. The average molecular weight is 1910 g/mol. The first-order valence-electron chi connectivity index (χ1n) is 57.3. The van der Waals surface area contributed by atoms with E-state index in [2.05, 4.69) is 322 Å². The summed E-state index contributed by atoms with van der Waals surface area (Å²) in [5.74, 6) is 28.2. The van der Waals surface area contributed by atoms with Gasteiger partial charge in [-0.25, -0.2) is 0 Å². The highest BCUT2D eigenvalue weighted by Gasteiger charge is 2.60. The van der Waals surface area contributed by atoms with E-state index >= 15 is 0 Å². The van der Waals surface area contributed by atoms with Crippen LogP contribution in [0.25, 0.3) is 0 Å². The Morgan fingerprint density at radius 1 is 0.129 bits per heavy atom. The lowest BCUT2D eigenvalue weighted by molar-refractivity contribution is 0.232. The monoisotopic (exact) mass is 1910 g/mol. The Hall–Kier alpha value is -7.96. The summed E-state index contributed by atoms with van der Waals surface area (Å²) in [6.07, 6.45) is 51.8. The van der Waals surface area contributed by atoms with E-state index in [1.165, 1.54) is 283 Å². The highest BCUT2D eigenvalue weighted by molar-refractivity contribution is 7.98. The molecule has 0 aliphatic heterocycles. The Labute approximate surface area is 852 Å². The van der Waals surface area contributed by atoms with Crippen LogP contribution in [0, 0.1) is 130 Å². The van der Waals surface area contributed by atoms with E-state index in [1.54, 1.807) is 38.9 Å². The quantitative estimate of drug-likeness (QED) is 0.0559. The summed E-state index contributed by atoms with van der Waals surface area (Å²) >= 11 is 0. The second-order valence-corrected chi connectivity index (χ2v) is 56.7. The standard InChI is InChI=1S/C48H57S.C35H39S.C28H29S.C25H27S/c1-4-37-31-22-43(46(25-31)40(37)7-1)28-10-16-34(17-11-28)49(35-18-12-29(13-19-35)44-23-32-26-47(44)41-8-2-5-38(32)41)36-20-14-30(15-21-36)45-24-33-27-48(45)42-9-3-6-39(33)42;1-2-5-28(6-3-1)36(29-15-11-24(12-16-29)33-20-23-9-10-26(33)19-23)30-17-13-25(14-18-30)34-21-27-22-35(34)32-8-4-7-31(27)32;1-3-8-22(9-4-1)29(23-10-5-2-6-11-23)24-16-14-20(15-17-24)27-18-21-19-28(27)26-13-7-12-25(21)26;1-2-6-12-21(11-5-1)22-17-19-25(20-18-22)26(23-13-7-3-8-14-23)24-15-9-4-10-16-24/h10-21,31-33,37-48H,1-9,22-27H2;1-3,5-6,11-18,23,26-27,31-35H,4,7-10,19-22H2;1-6,8-11,14-17,21,25-28H,7,12-13,18-19H2;3-4,7-10,13-21H,1-2,5-6,11-12H2/q4*+1. The molecule has 29 unspecified atom stereocenters. The van der Waals surface area contributed by atoms with Crippen molar-refractivity contribution in [3.8, 4) is 0 Å². The molecule has 0 spiro atoms. The summed E-state index contributed by atoms with van der Waals surface area (Å²) in [7, 11) is -0.166. The smallest absolute Gasteiger partial charge is 0.0619 e. The molecule has 12 aromatic carbocycles. The maximum Gasteiger partial charge on any atom is 0.166 e. The fourth-order valence-corrected chi connectivity index (χ4v) is 45.2. The lowest BCUT2D eigenvalue weighted by Gasteiger charge is -2.32. The topological polar surface area (TPSA) is 0 Å². The van der Waals surface area contributed by atoms with Crippen LogP contribution in [0.2, 0.25) is 0 Å². The minimum atomic E-state index is -0.0622. The van der Waals surface area contributed by atoms with Crippen LogP contribution in [0.15, 0.2) is 380 Å². The van der Waals surface area contributed by atoms with Crippen LogP contribution in [0.3, 0.4) is 0 Å². The molecule has 0 amide bonds. The molecule has 0 radical (unpaired) electrons. The number of benzene rings is 12. The lowest BCUT2D eigenvalue weighted by atomic mass is 9.73. The van der Waals surface area contributed by atoms with Gasteiger partial charge in [0.2, 0.25) is 0 Å². The molecule has 0 aromatic heterocycles. The Kier molecular flexibility index (Phi) is 25.8. The molecule has 140 heavy (non-hydrogen) atoms. The Morgan fingerprint density at radius 3 is 0.550 bits per heavy atom. The summed E-state index contributed by atoms with van der Waals surface area (Å²) in [4.78, 5) is 17.4. The zero-order valence-electron chi connectivity index (χ0n) is 83.2. The molecule has 29 atom stereocenters. The van der Waals surface area contributed by atoms with Gasteiger partial charge < -0.3 is 0 Å². The van der Waals surface area contributed by atoms with E-state index in [0.29, 0.717) is 0 Å². The molecule has 4 heteroatoms. The minimum Gasteiger partial charge on any atom is -0.0619 e. The van der Waals surface area contributed by atoms with E-state index in [1.807, 2.05) is 0 Å². The molecule has 0 saturated heterocycles. The van der Waals surface area contributed by atoms with Crippen LogP contribution in [0.5, 0.6) is 0 Å². The van der Waals surface area contributed by atoms with Gasteiger partial charge in [-0.1, -0.05) is 240 Å². The highest BCUT2D eigenvalue weighted by atomic mass is 32.2. The summed E-state index contributed by atoms with van der Waals surface area (Å²) in [6, 6.07) is 125. The van der Waals surface area contributed by atoms with Gasteiger partial charge in [0.15, 0.2) is 58.7 Å². The first-order chi connectivity index (χ1) is 69.4. The first kappa shape index (κ1) is 90.8. The number of hydrogen-bond acceptors (Lipinski definition) is 0. The Morgan fingerprint density at radius 2 is 0.336 bits per heavy atom. The molecule has 30 rings (SSSR count). The molecule has 12 bridgehead atoms. The maximum absolute atomic E-state index is 2.58. The molecule has 18 saturated carbocycles. The average Bonchev–Trinajstić information content (AvgIpc) is 1.60. The minimum absolute atomic E-state index is 0.0305. The van der Waals surface area contributed by atoms with Crippen LogP contribution in [0.4, 0.5) is 0 Å². The van der Waals surface area contributed by atoms with Gasteiger partial charge in [-0.2, -0.15) is 0 Å². The number of fused-ring (bicyclic) bond motifs is 27. The third-order valence-corrected chi connectivity index (χ3v) is 51.4. The molecule has 0 heterocycles. The van der Waals surface area contributed by atoms with E-state index in [-0.39, 0.29) is 43.6 Å². The Bertz CT molecular complexity index is 5870. The fraction of sp³-hybridized carbons (Fsp3) is 0.471. The van der Waals surface area contributed by atoms with Crippen molar-refractivity contribution in [3.63, 3.8) is 0 Å². The van der Waals surface area contributed by atoms with Crippen LogP contribution in [-0.2, 0) is 43.6 Å². The van der Waals surface area contributed by atoms with E-state index in [0.717, 1.165) is 172 Å². The van der Waals surface area contributed by atoms with Gasteiger partial charge in [-0.15, -0.1) is 0 Å². The lowest BCUT2D eigenvalue weighted by Crippen LogP contribution is -2.23. The van der Waals surface area contributed by atoms with E-state index < -0.39 is 0 Å². The van der Waals surface area contributed by atoms with Crippen LogP contribution in [-0.4, -0.2) is 0 Å². The first-order valence-corrected chi connectivity index (χ1v) is 62.2. The largest absolute Gasteiger partial charge is 0.166 e. The van der Waals surface area contributed by atoms with E-state index in [4.69, 9.17) is 0 Å². The normalized spacial score (nSPS) is 34.6. The van der Waals surface area contributed by atoms with Gasteiger partial charge in [0.25, 0.3) is 0 Å². The summed E-state index contributed by atoms with van der Waals surface area (Å²) < 4.78 is 0. The highest BCUT2D eigenvalue weighted by Crippen LogP contribution is 2.70. The molecule has 0 nitrogen and oxygen atoms in total. The van der Waals surface area contributed by atoms with Gasteiger partial charge in [-0.3, -0.25) is 0 Å². The molecule has 716 valence electrons. The van der Waals surface area contributed by atoms with Crippen molar-refractivity contribution in [1.29, 1.82) is 0 Å². The van der Waals surface area contributed by atoms with Crippen molar-refractivity contribution in [2.75, 3.05) is 0 Å². The second-order valence-electron chi connectivity index (χ2n) is 48.5. The SMILES string of the molecule is c1cc([S+](c2ccc(C3CC4CC3C3CCCC43)cc2)c2ccc(C3CC4CC3C3CCCC43)cc2)ccc1C1CC2CC1C1CCCC21.c1ccc([S+](c2ccc(C3CC4CCC3C4)cc2)c2ccc(C3CC4CC3C3CCCC43)cc2)cc1.c1ccc([S+](c2ccccc2)c2ccc(C3CC4CC3C3CCCC43)cc2)cc1.c1ccc([S+](c2ccccc2)c2ccc(C3CCCCCC3)cc2)cc1. The van der Waals surface area contributed by atoms with Gasteiger partial charge in [0, 0.05) is 0 Å². The second kappa shape index (κ2) is 39.8. The Balaban J connectivity index is 0.0000000968. The van der Waals surface area contributed by atoms with Crippen molar-refractivity contribution in [3.05, 3.63) is 360 Å². The van der Waals surface area contributed by atoms with Gasteiger partial charge in [-0.05, 0) is 517 Å². The van der Waals surface area contributed by atoms with Crippen molar-refractivity contribution in [1.82, 2.24) is 0 Å². The fourth-order valence-electron chi connectivity index (χ4n) is 36.9. The molecule has 18 aliphatic carbocycles. The zero-order valence-corrected chi connectivity index (χ0v) is 86.5. The number of hydrogen-bond donors (Lipinski definition) is 0. The molecule has 12 aromatic rings. The van der Waals surface area contributed by atoms with Gasteiger partial charge in [0.05, 0.1) is 43.6 Å². The van der Waals surface area contributed by atoms with Crippen LogP contribution >= 0.6 is 0 Å². The molecule has 18 aliphatic rings. The number of rotatable bonds is 19. The summed E-state index contributed by atoms with van der Waals surface area (Å²) in [5, 5.41) is 0. The summed E-state index contributed by atoms with van der Waals surface area (Å²) in [6.45, 7) is 0. The predicted molar refractivity (Wildman–Crippen MR) is 584 cm³/mol. The molecule has 18 fully saturated rings. The molecule has 0 N–H and O–H groups in total. The van der Waals surface area contributed by atoms with Crippen LogP contribution in [0.1, 0.15) is 305 Å². The predicted octanol–water partition coefficient (Wildman–Crippen LogP) is 36.2. The van der Waals surface area contributed by atoms with Crippen molar-refractivity contribution < 1.29 is 0 Å².